The Hall–Kier alpha value is -5.53. The molecule has 1 atom stereocenters. The number of allylic oxidation sites excluding steroid dienone is 4. The van der Waals surface area contributed by atoms with Gasteiger partial charge in [-0.05, 0) is 112 Å². The fourth-order valence-corrected chi connectivity index (χ4v) is 7.83. The minimum atomic E-state index is 0.0812. The van der Waals surface area contributed by atoms with Crippen LogP contribution in [0.1, 0.15) is 49.8 Å². The Kier molecular flexibility index (Phi) is 6.59. The van der Waals surface area contributed by atoms with Crippen LogP contribution in [0.3, 0.4) is 0 Å². The summed E-state index contributed by atoms with van der Waals surface area (Å²) in [4.78, 5) is 4.36. The number of aromatic nitrogens is 1. The lowest BCUT2D eigenvalue weighted by Gasteiger charge is -2.25. The van der Waals surface area contributed by atoms with Crippen LogP contribution in [-0.2, 0) is 5.41 Å². The summed E-state index contributed by atoms with van der Waals surface area (Å²) in [6, 6.07) is 45.4. The topological polar surface area (TPSA) is 12.9 Å². The zero-order chi connectivity index (χ0) is 32.4. The maximum Gasteiger partial charge on any atom is 0.0346 e. The second-order valence-electron chi connectivity index (χ2n) is 14.4. The van der Waals surface area contributed by atoms with Crippen molar-refractivity contribution >= 4 is 48.7 Å². The van der Waals surface area contributed by atoms with Crippen LogP contribution in [0.4, 0.5) is 0 Å². The highest BCUT2D eigenvalue weighted by molar-refractivity contribution is 6.26. The molecule has 0 saturated carbocycles. The van der Waals surface area contributed by atoms with Crippen LogP contribution in [0.5, 0.6) is 0 Å². The summed E-state index contributed by atoms with van der Waals surface area (Å²) in [5, 5.41) is 10.6. The van der Waals surface area contributed by atoms with Crippen molar-refractivity contribution in [1.82, 2.24) is 4.98 Å². The van der Waals surface area contributed by atoms with Gasteiger partial charge in [-0.1, -0.05) is 148 Å². The van der Waals surface area contributed by atoms with E-state index < -0.39 is 0 Å². The van der Waals surface area contributed by atoms with Gasteiger partial charge in [0, 0.05) is 18.3 Å². The van der Waals surface area contributed by atoms with Crippen LogP contribution in [0, 0.1) is 0 Å². The quantitative estimate of drug-likeness (QED) is 0.180. The minimum absolute atomic E-state index is 0.0812. The fraction of sp³-hybridized carbons (Fsp3) is 0.128. The average molecular weight is 616 g/mol. The Morgan fingerprint density at radius 1 is 0.583 bits per heavy atom. The number of pyridine rings is 1. The first-order valence-electron chi connectivity index (χ1n) is 17.1. The molecule has 0 amide bonds. The number of nitrogens with zero attached hydrogens (tertiary/aromatic N) is 1. The zero-order valence-corrected chi connectivity index (χ0v) is 27.7. The van der Waals surface area contributed by atoms with Crippen molar-refractivity contribution in [2.24, 2.45) is 0 Å². The summed E-state index contributed by atoms with van der Waals surface area (Å²) < 4.78 is 0. The first-order chi connectivity index (χ1) is 23.4. The highest BCUT2D eigenvalue weighted by atomic mass is 14.6. The Balaban J connectivity index is 1.23. The maximum absolute atomic E-state index is 4.36. The summed E-state index contributed by atoms with van der Waals surface area (Å²) >= 11 is 0. The van der Waals surface area contributed by atoms with Gasteiger partial charge in [-0.3, -0.25) is 4.98 Å². The third-order valence-electron chi connectivity index (χ3n) is 10.4. The van der Waals surface area contributed by atoms with Gasteiger partial charge in [-0.25, -0.2) is 0 Å². The van der Waals surface area contributed by atoms with Gasteiger partial charge in [0.25, 0.3) is 0 Å². The first-order valence-corrected chi connectivity index (χ1v) is 17.1. The Labute approximate surface area is 282 Å². The van der Waals surface area contributed by atoms with Crippen molar-refractivity contribution in [1.29, 1.82) is 0 Å². The van der Waals surface area contributed by atoms with E-state index in [1.807, 2.05) is 18.5 Å². The summed E-state index contributed by atoms with van der Waals surface area (Å²) in [5.74, 6) is 0.286. The Morgan fingerprint density at radius 3 is 2.02 bits per heavy atom. The highest BCUT2D eigenvalue weighted by Crippen LogP contribution is 2.46. The van der Waals surface area contributed by atoms with Crippen LogP contribution < -0.4 is 0 Å². The van der Waals surface area contributed by atoms with Gasteiger partial charge in [0.2, 0.25) is 0 Å². The number of benzene rings is 7. The lowest BCUT2D eigenvalue weighted by Crippen LogP contribution is -2.11. The van der Waals surface area contributed by atoms with Gasteiger partial charge >= 0.3 is 0 Å². The summed E-state index contributed by atoms with van der Waals surface area (Å²) in [7, 11) is 0. The minimum Gasteiger partial charge on any atom is -0.264 e. The van der Waals surface area contributed by atoms with Gasteiger partial charge < -0.3 is 0 Å². The first kappa shape index (κ1) is 28.7. The molecule has 0 spiro atoms. The molecular formula is C47H37N. The van der Waals surface area contributed by atoms with Crippen LogP contribution in [-0.4, -0.2) is 4.98 Å². The van der Waals surface area contributed by atoms with Crippen molar-refractivity contribution in [3.05, 3.63) is 169 Å². The molecular weight excluding hydrogens is 579 g/mol. The van der Waals surface area contributed by atoms with E-state index in [9.17, 15) is 0 Å². The number of fused-ring (bicyclic) bond motifs is 1. The molecule has 1 heteroatoms. The lowest BCUT2D eigenvalue weighted by atomic mass is 9.79. The van der Waals surface area contributed by atoms with E-state index in [-0.39, 0.29) is 11.3 Å². The molecule has 0 radical (unpaired) electrons. The summed E-state index contributed by atoms with van der Waals surface area (Å²) in [6.07, 6.45) is 11.8. The summed E-state index contributed by atoms with van der Waals surface area (Å²) in [6.45, 7) is 6.92. The molecule has 1 heterocycles. The molecule has 1 nitrogen and oxygen atoms in total. The molecule has 0 bridgehead atoms. The molecule has 48 heavy (non-hydrogen) atoms. The molecule has 1 aromatic heterocycles. The predicted molar refractivity (Wildman–Crippen MR) is 206 cm³/mol. The largest absolute Gasteiger partial charge is 0.264 e. The van der Waals surface area contributed by atoms with Crippen molar-refractivity contribution in [3.8, 4) is 22.3 Å². The van der Waals surface area contributed by atoms with E-state index in [0.29, 0.717) is 0 Å². The molecule has 230 valence electrons. The SMILES string of the molecule is CC(C)(C)c1cc2ccc3c(-c4ccc(-c5cccc6ccccc56)cc4)cc(C4C=CC(c5cccnc5)=CC4)c4ccc(c1)c2c34. The van der Waals surface area contributed by atoms with E-state index >= 15 is 0 Å². The van der Waals surface area contributed by atoms with Crippen LogP contribution in [0.15, 0.2) is 152 Å². The van der Waals surface area contributed by atoms with Gasteiger partial charge in [-0.2, -0.15) is 0 Å². The molecule has 0 aliphatic heterocycles. The third kappa shape index (κ3) is 4.73. The molecule has 0 saturated heterocycles. The van der Waals surface area contributed by atoms with Crippen molar-refractivity contribution in [2.75, 3.05) is 0 Å². The van der Waals surface area contributed by atoms with E-state index in [0.717, 1.165) is 6.42 Å². The molecule has 1 unspecified atom stereocenters. The molecule has 1 aliphatic rings. The Morgan fingerprint density at radius 2 is 1.31 bits per heavy atom. The van der Waals surface area contributed by atoms with Gasteiger partial charge in [0.15, 0.2) is 0 Å². The summed E-state index contributed by atoms with van der Waals surface area (Å²) in [5.41, 5.74) is 10.3. The second kappa shape index (κ2) is 11.0. The van der Waals surface area contributed by atoms with Gasteiger partial charge in [0.05, 0.1) is 0 Å². The normalized spacial score (nSPS) is 15.1. The standard InChI is InChI=1S/C47H37N/c1-47(2,3)38-26-35-21-23-41-43(33-15-13-30(14-16-33)37-10-7-25-48-29-37)28-44(42-24-22-36(27-38)45(35)46(41)42)34-19-17-32(18-20-34)40-12-6-9-31-8-4-5-11-39(31)40/h4-15,17-29,33H,16H2,1-3H3. The van der Waals surface area contributed by atoms with E-state index in [2.05, 4.69) is 159 Å². The monoisotopic (exact) mass is 615 g/mol. The van der Waals surface area contributed by atoms with Crippen LogP contribution in [0.2, 0.25) is 0 Å². The third-order valence-corrected chi connectivity index (χ3v) is 10.4. The van der Waals surface area contributed by atoms with Crippen LogP contribution in [0.25, 0.3) is 70.9 Å². The number of rotatable bonds is 4. The second-order valence-corrected chi connectivity index (χ2v) is 14.4. The Bertz CT molecular complexity index is 2520. The number of hydrogen-bond donors (Lipinski definition) is 0. The van der Waals surface area contributed by atoms with Crippen molar-refractivity contribution in [2.45, 2.75) is 38.5 Å². The molecule has 8 aromatic rings. The maximum atomic E-state index is 4.36. The van der Waals surface area contributed by atoms with E-state index in [4.69, 9.17) is 0 Å². The fourth-order valence-electron chi connectivity index (χ4n) is 7.83. The van der Waals surface area contributed by atoms with E-state index in [1.54, 1.807) is 0 Å². The average Bonchev–Trinajstić information content (AvgIpc) is 3.13. The molecule has 0 N–H and O–H groups in total. The smallest absolute Gasteiger partial charge is 0.0346 e. The highest BCUT2D eigenvalue weighted by Gasteiger charge is 2.22. The van der Waals surface area contributed by atoms with Gasteiger partial charge in [0.1, 0.15) is 0 Å². The molecule has 1 aliphatic carbocycles. The number of hydrogen-bond acceptors (Lipinski definition) is 1. The van der Waals surface area contributed by atoms with Gasteiger partial charge in [-0.15, -0.1) is 0 Å². The van der Waals surface area contributed by atoms with Crippen LogP contribution >= 0.6 is 0 Å². The molecule has 7 aromatic carbocycles. The zero-order valence-electron chi connectivity index (χ0n) is 27.7. The van der Waals surface area contributed by atoms with Crippen molar-refractivity contribution in [3.63, 3.8) is 0 Å². The molecule has 9 rings (SSSR count). The lowest BCUT2D eigenvalue weighted by molar-refractivity contribution is 0.591. The predicted octanol–water partition coefficient (Wildman–Crippen LogP) is 12.9. The van der Waals surface area contributed by atoms with E-state index in [1.165, 1.54) is 87.6 Å². The van der Waals surface area contributed by atoms with Crippen molar-refractivity contribution < 1.29 is 0 Å². The molecule has 0 fully saturated rings.